The highest BCUT2D eigenvalue weighted by Gasteiger charge is 2.14. The van der Waals surface area contributed by atoms with Gasteiger partial charge in [-0.25, -0.2) is 9.97 Å². The highest BCUT2D eigenvalue weighted by Crippen LogP contribution is 2.17. The van der Waals surface area contributed by atoms with Gasteiger partial charge in [0, 0.05) is 11.8 Å². The van der Waals surface area contributed by atoms with Crippen LogP contribution in [0.2, 0.25) is 0 Å². The number of nitrogens with one attached hydrogen (secondary N) is 1. The van der Waals surface area contributed by atoms with E-state index in [1.165, 1.54) is 5.56 Å². The molecule has 1 amide bonds. The number of hydrogen-bond donors (Lipinski definition) is 1. The Kier molecular flexibility index (Phi) is 5.75. The van der Waals surface area contributed by atoms with E-state index in [4.69, 9.17) is 9.72 Å². The number of nitrogens with zero attached hydrogens (tertiary/aromatic N) is 3. The van der Waals surface area contributed by atoms with Crippen molar-refractivity contribution in [1.29, 1.82) is 0 Å². The van der Waals surface area contributed by atoms with E-state index >= 15 is 0 Å². The molecule has 30 heavy (non-hydrogen) atoms. The van der Waals surface area contributed by atoms with Crippen LogP contribution in [0.5, 0.6) is 5.75 Å². The topological polar surface area (TPSA) is 69.0 Å². The van der Waals surface area contributed by atoms with Crippen LogP contribution in [0, 0.1) is 6.92 Å². The lowest BCUT2D eigenvalue weighted by atomic mass is 10.1. The van der Waals surface area contributed by atoms with Gasteiger partial charge in [0.25, 0.3) is 5.91 Å². The third kappa shape index (κ3) is 4.33. The van der Waals surface area contributed by atoms with E-state index < -0.39 is 0 Å². The zero-order valence-corrected chi connectivity index (χ0v) is 17.1. The van der Waals surface area contributed by atoms with Crippen molar-refractivity contribution in [3.8, 4) is 5.75 Å². The highest BCUT2D eigenvalue weighted by molar-refractivity contribution is 5.94. The molecule has 0 fully saturated rings. The van der Waals surface area contributed by atoms with Gasteiger partial charge >= 0.3 is 0 Å². The van der Waals surface area contributed by atoms with Gasteiger partial charge in [0.2, 0.25) is 0 Å². The summed E-state index contributed by atoms with van der Waals surface area (Å²) in [5, 5.41) is 2.97. The van der Waals surface area contributed by atoms with Crippen LogP contribution in [0.25, 0.3) is 11.2 Å². The van der Waals surface area contributed by atoms with Gasteiger partial charge in [0.05, 0.1) is 19.7 Å². The van der Waals surface area contributed by atoms with Crippen molar-refractivity contribution in [1.82, 2.24) is 19.9 Å². The molecule has 0 saturated carbocycles. The van der Waals surface area contributed by atoms with Gasteiger partial charge in [-0.15, -0.1) is 0 Å². The first-order chi connectivity index (χ1) is 14.6. The minimum absolute atomic E-state index is 0.153. The van der Waals surface area contributed by atoms with Crippen molar-refractivity contribution < 1.29 is 9.53 Å². The molecule has 2 heterocycles. The molecule has 0 aliphatic heterocycles. The third-order valence-electron chi connectivity index (χ3n) is 4.88. The molecule has 0 spiro atoms. The maximum absolute atomic E-state index is 12.6. The Bertz CT molecular complexity index is 1150. The lowest BCUT2D eigenvalue weighted by Gasteiger charge is -2.11. The van der Waals surface area contributed by atoms with Crippen molar-refractivity contribution in [2.75, 3.05) is 6.61 Å². The second-order valence-electron chi connectivity index (χ2n) is 7.09. The number of imidazole rings is 1. The van der Waals surface area contributed by atoms with Crippen LogP contribution in [0.4, 0.5) is 0 Å². The zero-order valence-electron chi connectivity index (χ0n) is 17.1. The molecule has 0 bridgehead atoms. The van der Waals surface area contributed by atoms with E-state index in [1.807, 2.05) is 19.1 Å². The Morgan fingerprint density at radius 2 is 1.83 bits per heavy atom. The number of pyridine rings is 1. The summed E-state index contributed by atoms with van der Waals surface area (Å²) < 4.78 is 7.49. The number of ether oxygens (including phenoxy) is 1. The lowest BCUT2D eigenvalue weighted by Crippen LogP contribution is -2.25. The van der Waals surface area contributed by atoms with Crippen LogP contribution in [-0.2, 0) is 13.1 Å². The Morgan fingerprint density at radius 3 is 2.57 bits per heavy atom. The number of amides is 1. The van der Waals surface area contributed by atoms with Gasteiger partial charge in [0.1, 0.15) is 17.1 Å². The monoisotopic (exact) mass is 400 g/mol. The summed E-state index contributed by atoms with van der Waals surface area (Å²) in [6.07, 6.45) is 1.76. The molecule has 0 aliphatic rings. The van der Waals surface area contributed by atoms with Crippen molar-refractivity contribution in [2.45, 2.75) is 26.9 Å². The first kappa shape index (κ1) is 19.6. The van der Waals surface area contributed by atoms with Crippen LogP contribution in [0.15, 0.2) is 66.9 Å². The van der Waals surface area contributed by atoms with Crippen LogP contribution in [-0.4, -0.2) is 27.0 Å². The van der Waals surface area contributed by atoms with Crippen molar-refractivity contribution in [2.24, 2.45) is 0 Å². The average Bonchev–Trinajstić information content (AvgIpc) is 3.12. The van der Waals surface area contributed by atoms with Gasteiger partial charge in [-0.1, -0.05) is 29.8 Å². The van der Waals surface area contributed by atoms with E-state index in [2.05, 4.69) is 46.1 Å². The van der Waals surface area contributed by atoms with Crippen molar-refractivity contribution >= 4 is 17.1 Å². The molecule has 6 nitrogen and oxygen atoms in total. The number of aryl methyl sites for hydroxylation is 1. The number of hydrogen-bond acceptors (Lipinski definition) is 4. The van der Waals surface area contributed by atoms with Gasteiger partial charge in [0.15, 0.2) is 5.65 Å². The molecule has 6 heteroatoms. The Morgan fingerprint density at radius 1 is 1.07 bits per heavy atom. The molecule has 2 aromatic carbocycles. The van der Waals surface area contributed by atoms with Gasteiger partial charge in [-0.3, -0.25) is 4.79 Å². The molecule has 0 radical (unpaired) electrons. The van der Waals surface area contributed by atoms with Crippen LogP contribution >= 0.6 is 0 Å². The molecule has 4 aromatic rings. The summed E-state index contributed by atoms with van der Waals surface area (Å²) in [4.78, 5) is 21.8. The number of carbonyl (C=O) groups excluding carboxylic acids is 1. The minimum atomic E-state index is -0.153. The van der Waals surface area contributed by atoms with Crippen LogP contribution in [0.3, 0.4) is 0 Å². The standard InChI is InChI=1S/C24H24N4O2/c1-3-30-20-12-10-19(11-13-20)24(29)26-15-22-27-21-5-4-14-25-23(21)28(22)16-18-8-6-17(2)7-9-18/h4-14H,3,15-16H2,1-2H3,(H,26,29). The average molecular weight is 400 g/mol. The first-order valence-electron chi connectivity index (χ1n) is 10.0. The summed E-state index contributed by atoms with van der Waals surface area (Å²) in [5.41, 5.74) is 4.58. The second-order valence-corrected chi connectivity index (χ2v) is 7.09. The van der Waals surface area contributed by atoms with Gasteiger partial charge < -0.3 is 14.6 Å². The normalized spacial score (nSPS) is 10.9. The van der Waals surface area contributed by atoms with E-state index in [9.17, 15) is 4.79 Å². The molecular formula is C24H24N4O2. The summed E-state index contributed by atoms with van der Waals surface area (Å²) in [6.45, 7) is 5.55. The molecule has 4 rings (SSSR count). The minimum Gasteiger partial charge on any atom is -0.494 e. The SMILES string of the molecule is CCOc1ccc(C(=O)NCc2nc3cccnc3n2Cc2ccc(C)cc2)cc1. The van der Waals surface area contributed by atoms with E-state index in [1.54, 1.807) is 30.5 Å². The van der Waals surface area contributed by atoms with E-state index in [0.29, 0.717) is 25.3 Å². The number of aromatic nitrogens is 3. The number of fused-ring (bicyclic) bond motifs is 1. The number of benzene rings is 2. The summed E-state index contributed by atoms with van der Waals surface area (Å²) >= 11 is 0. The Balaban J connectivity index is 1.54. The maximum atomic E-state index is 12.6. The van der Waals surface area contributed by atoms with Crippen molar-refractivity contribution in [3.63, 3.8) is 0 Å². The fraction of sp³-hybridized carbons (Fsp3) is 0.208. The van der Waals surface area contributed by atoms with Gasteiger partial charge in [-0.2, -0.15) is 0 Å². The Labute approximate surface area is 175 Å². The van der Waals surface area contributed by atoms with Crippen LogP contribution in [0.1, 0.15) is 34.2 Å². The second kappa shape index (κ2) is 8.78. The quantitative estimate of drug-likeness (QED) is 0.507. The van der Waals surface area contributed by atoms with Crippen molar-refractivity contribution in [3.05, 3.63) is 89.4 Å². The molecule has 152 valence electrons. The Hall–Kier alpha value is -3.67. The fourth-order valence-electron chi connectivity index (χ4n) is 3.31. The highest BCUT2D eigenvalue weighted by atomic mass is 16.5. The zero-order chi connectivity index (χ0) is 20.9. The maximum Gasteiger partial charge on any atom is 0.251 e. The molecular weight excluding hydrogens is 376 g/mol. The first-order valence-corrected chi connectivity index (χ1v) is 10.0. The fourth-order valence-corrected chi connectivity index (χ4v) is 3.31. The predicted molar refractivity (Wildman–Crippen MR) is 117 cm³/mol. The summed E-state index contributed by atoms with van der Waals surface area (Å²) in [5.74, 6) is 1.36. The van der Waals surface area contributed by atoms with Gasteiger partial charge in [-0.05, 0) is 55.8 Å². The molecule has 0 saturated heterocycles. The number of carbonyl (C=O) groups is 1. The predicted octanol–water partition coefficient (Wildman–Crippen LogP) is 4.12. The molecule has 1 N–H and O–H groups in total. The smallest absolute Gasteiger partial charge is 0.251 e. The summed E-state index contributed by atoms with van der Waals surface area (Å²) in [7, 11) is 0. The molecule has 0 unspecified atom stereocenters. The number of rotatable bonds is 7. The van der Waals surface area contributed by atoms with E-state index in [-0.39, 0.29) is 5.91 Å². The summed E-state index contributed by atoms with van der Waals surface area (Å²) in [6, 6.07) is 19.3. The molecule has 0 atom stereocenters. The molecule has 0 aliphatic carbocycles. The van der Waals surface area contributed by atoms with E-state index in [0.717, 1.165) is 28.3 Å². The van der Waals surface area contributed by atoms with Crippen LogP contribution < -0.4 is 10.1 Å². The molecule has 2 aromatic heterocycles. The third-order valence-corrected chi connectivity index (χ3v) is 4.88. The lowest BCUT2D eigenvalue weighted by molar-refractivity contribution is 0.0949. The largest absolute Gasteiger partial charge is 0.494 e.